The Labute approximate surface area is 99.3 Å². The predicted molar refractivity (Wildman–Crippen MR) is 67.2 cm³/mol. The van der Waals surface area contributed by atoms with Gasteiger partial charge in [0.2, 0.25) is 0 Å². The molecular weight excluding hydrogens is 196 g/mol. The lowest BCUT2D eigenvalue weighted by Gasteiger charge is -2.38. The fraction of sp³-hybridized carbons (Fsp3) is 0.800. The number of carbonyl (C=O) groups is 1. The van der Waals surface area contributed by atoms with Gasteiger partial charge in [0, 0.05) is 11.8 Å². The van der Waals surface area contributed by atoms with E-state index in [4.69, 9.17) is 0 Å². The summed E-state index contributed by atoms with van der Waals surface area (Å²) in [5.74, 6) is 1.59. The van der Waals surface area contributed by atoms with Crippen LogP contribution in [0.2, 0.25) is 0 Å². The standard InChI is InChI=1S/C15H24O/c1-10-5-6-12-13(9-10)15(3,4)8-7-11(2)14(12)16/h9,11-13H,5-8H2,1-4H3/t11-,12-,13-/m1/s1. The maximum Gasteiger partial charge on any atom is 0.139 e. The summed E-state index contributed by atoms with van der Waals surface area (Å²) in [5.41, 5.74) is 1.78. The second-order valence-electron chi connectivity index (χ2n) is 6.51. The Hall–Kier alpha value is -0.590. The molecule has 16 heavy (non-hydrogen) atoms. The molecule has 1 nitrogen and oxygen atoms in total. The molecule has 0 aromatic carbocycles. The molecular formula is C15H24O. The number of Topliss-reactive ketones (excluding diaryl/α,β-unsaturated/α-hetero) is 1. The highest BCUT2D eigenvalue weighted by molar-refractivity contribution is 5.84. The summed E-state index contributed by atoms with van der Waals surface area (Å²) in [6.45, 7) is 9.01. The van der Waals surface area contributed by atoms with Crippen LogP contribution in [0.25, 0.3) is 0 Å². The Balaban J connectivity index is 2.37. The first kappa shape index (κ1) is 11.9. The first-order valence-electron chi connectivity index (χ1n) is 6.63. The first-order valence-corrected chi connectivity index (χ1v) is 6.63. The van der Waals surface area contributed by atoms with Crippen LogP contribution in [0.5, 0.6) is 0 Å². The zero-order valence-electron chi connectivity index (χ0n) is 11.0. The van der Waals surface area contributed by atoms with Crippen molar-refractivity contribution in [2.24, 2.45) is 23.2 Å². The molecule has 0 radical (unpaired) electrons. The maximum absolute atomic E-state index is 12.3. The van der Waals surface area contributed by atoms with Gasteiger partial charge in [-0.3, -0.25) is 4.79 Å². The number of hydrogen-bond donors (Lipinski definition) is 0. The van der Waals surface area contributed by atoms with E-state index in [0.29, 0.717) is 23.0 Å². The average Bonchev–Trinajstić information content (AvgIpc) is 2.31. The fourth-order valence-electron chi connectivity index (χ4n) is 3.42. The molecule has 3 atom stereocenters. The van der Waals surface area contributed by atoms with Crippen molar-refractivity contribution in [3.8, 4) is 0 Å². The van der Waals surface area contributed by atoms with Crippen LogP contribution < -0.4 is 0 Å². The Morgan fingerprint density at radius 1 is 1.31 bits per heavy atom. The largest absolute Gasteiger partial charge is 0.299 e. The Morgan fingerprint density at radius 3 is 2.69 bits per heavy atom. The number of carbonyl (C=O) groups excluding carboxylic acids is 1. The van der Waals surface area contributed by atoms with Crippen LogP contribution >= 0.6 is 0 Å². The lowest BCUT2D eigenvalue weighted by atomic mass is 9.66. The molecule has 0 amide bonds. The molecule has 0 unspecified atom stereocenters. The lowest BCUT2D eigenvalue weighted by molar-refractivity contribution is -0.127. The summed E-state index contributed by atoms with van der Waals surface area (Å²) in [4.78, 5) is 12.3. The van der Waals surface area contributed by atoms with Crippen molar-refractivity contribution in [1.82, 2.24) is 0 Å². The third-order valence-electron chi connectivity index (χ3n) is 4.72. The van der Waals surface area contributed by atoms with Crippen molar-refractivity contribution in [1.29, 1.82) is 0 Å². The summed E-state index contributed by atoms with van der Waals surface area (Å²) in [6.07, 6.45) is 6.86. The smallest absolute Gasteiger partial charge is 0.139 e. The maximum atomic E-state index is 12.3. The van der Waals surface area contributed by atoms with Gasteiger partial charge in [0.15, 0.2) is 0 Å². The molecule has 0 bridgehead atoms. The molecule has 1 heteroatoms. The van der Waals surface area contributed by atoms with Crippen LogP contribution in [-0.4, -0.2) is 5.78 Å². The number of hydrogen-bond acceptors (Lipinski definition) is 1. The van der Waals surface area contributed by atoms with Crippen molar-refractivity contribution in [2.45, 2.75) is 53.4 Å². The van der Waals surface area contributed by atoms with E-state index in [1.807, 2.05) is 0 Å². The van der Waals surface area contributed by atoms with Gasteiger partial charge in [-0.2, -0.15) is 0 Å². The summed E-state index contributed by atoms with van der Waals surface area (Å²) in [7, 11) is 0. The first-order chi connectivity index (χ1) is 7.42. The van der Waals surface area contributed by atoms with Crippen molar-refractivity contribution >= 4 is 5.78 Å². The van der Waals surface area contributed by atoms with Gasteiger partial charge in [-0.25, -0.2) is 0 Å². The molecule has 0 aromatic heterocycles. The topological polar surface area (TPSA) is 17.1 Å². The van der Waals surface area contributed by atoms with Gasteiger partial charge >= 0.3 is 0 Å². The SMILES string of the molecule is CC1=C[C@@H]2[C@@H](CC1)C(=O)[C@H](C)CCC2(C)C. The lowest BCUT2D eigenvalue weighted by Crippen LogP contribution is -2.34. The molecule has 0 saturated heterocycles. The third kappa shape index (κ3) is 1.97. The molecule has 1 fully saturated rings. The van der Waals surface area contributed by atoms with E-state index in [1.54, 1.807) is 0 Å². The van der Waals surface area contributed by atoms with E-state index in [1.165, 1.54) is 12.0 Å². The highest BCUT2D eigenvalue weighted by atomic mass is 16.1. The summed E-state index contributed by atoms with van der Waals surface area (Å²) in [5, 5.41) is 0. The fourth-order valence-corrected chi connectivity index (χ4v) is 3.42. The van der Waals surface area contributed by atoms with E-state index < -0.39 is 0 Å². The molecule has 0 aromatic rings. The van der Waals surface area contributed by atoms with Crippen molar-refractivity contribution < 1.29 is 4.79 Å². The van der Waals surface area contributed by atoms with Gasteiger partial charge in [0.05, 0.1) is 0 Å². The molecule has 0 spiro atoms. The van der Waals surface area contributed by atoms with E-state index in [-0.39, 0.29) is 5.92 Å². The van der Waals surface area contributed by atoms with Gasteiger partial charge in [-0.15, -0.1) is 0 Å². The van der Waals surface area contributed by atoms with Crippen LogP contribution in [0.1, 0.15) is 53.4 Å². The summed E-state index contributed by atoms with van der Waals surface area (Å²) in [6, 6.07) is 0. The Morgan fingerprint density at radius 2 is 2.00 bits per heavy atom. The molecule has 90 valence electrons. The monoisotopic (exact) mass is 220 g/mol. The van der Waals surface area contributed by atoms with Crippen LogP contribution in [0.4, 0.5) is 0 Å². The minimum Gasteiger partial charge on any atom is -0.299 e. The Bertz CT molecular complexity index is 324. The minimum absolute atomic E-state index is 0.279. The van der Waals surface area contributed by atoms with Crippen LogP contribution in [-0.2, 0) is 4.79 Å². The molecule has 2 aliphatic carbocycles. The van der Waals surface area contributed by atoms with Gasteiger partial charge in [0.1, 0.15) is 5.78 Å². The highest BCUT2D eigenvalue weighted by Crippen LogP contribution is 2.47. The van der Waals surface area contributed by atoms with Gasteiger partial charge in [-0.05, 0) is 43.9 Å². The number of allylic oxidation sites excluding steroid dienone is 2. The van der Waals surface area contributed by atoms with Crippen LogP contribution in [0.3, 0.4) is 0 Å². The average molecular weight is 220 g/mol. The number of ketones is 1. The van der Waals surface area contributed by atoms with Crippen LogP contribution in [0, 0.1) is 23.2 Å². The molecule has 0 heterocycles. The minimum atomic E-state index is 0.279. The number of fused-ring (bicyclic) bond motifs is 1. The zero-order chi connectivity index (χ0) is 11.9. The van der Waals surface area contributed by atoms with E-state index in [9.17, 15) is 4.79 Å². The van der Waals surface area contributed by atoms with E-state index in [2.05, 4.69) is 33.8 Å². The summed E-state index contributed by atoms with van der Waals surface area (Å²) < 4.78 is 0. The zero-order valence-corrected chi connectivity index (χ0v) is 11.0. The van der Waals surface area contributed by atoms with Crippen molar-refractivity contribution in [3.63, 3.8) is 0 Å². The predicted octanol–water partition coefficient (Wildman–Crippen LogP) is 3.98. The van der Waals surface area contributed by atoms with Crippen molar-refractivity contribution in [2.75, 3.05) is 0 Å². The molecule has 2 aliphatic rings. The third-order valence-corrected chi connectivity index (χ3v) is 4.72. The summed E-state index contributed by atoms with van der Waals surface area (Å²) >= 11 is 0. The Kier molecular flexibility index (Phi) is 2.98. The second-order valence-corrected chi connectivity index (χ2v) is 6.51. The van der Waals surface area contributed by atoms with Crippen LogP contribution in [0.15, 0.2) is 11.6 Å². The second kappa shape index (κ2) is 4.01. The highest BCUT2D eigenvalue weighted by Gasteiger charge is 2.43. The van der Waals surface area contributed by atoms with Crippen molar-refractivity contribution in [3.05, 3.63) is 11.6 Å². The normalized spacial score (nSPS) is 38.6. The molecule has 2 rings (SSSR count). The van der Waals surface area contributed by atoms with Gasteiger partial charge in [-0.1, -0.05) is 32.4 Å². The van der Waals surface area contributed by atoms with E-state index in [0.717, 1.165) is 19.3 Å². The van der Waals surface area contributed by atoms with E-state index >= 15 is 0 Å². The number of rotatable bonds is 0. The quantitative estimate of drug-likeness (QED) is 0.564. The molecule has 0 aliphatic heterocycles. The molecule has 0 N–H and O–H groups in total. The van der Waals surface area contributed by atoms with Gasteiger partial charge in [0.25, 0.3) is 0 Å². The molecule has 1 saturated carbocycles. The van der Waals surface area contributed by atoms with Gasteiger partial charge < -0.3 is 0 Å².